The standard InChI is InChI=1S/C17H19ClFN/c1-3-9-20-17(13-6-4-5-12(2)10-13)15-11-14(19)7-8-16(15)18/h4-8,10-11,17,20H,3,9H2,1-2H3. The summed E-state index contributed by atoms with van der Waals surface area (Å²) in [6.45, 7) is 5.01. The van der Waals surface area contributed by atoms with Crippen LogP contribution >= 0.6 is 11.6 Å². The average molecular weight is 292 g/mol. The van der Waals surface area contributed by atoms with Gasteiger partial charge in [-0.25, -0.2) is 4.39 Å². The van der Waals surface area contributed by atoms with E-state index in [2.05, 4.69) is 18.3 Å². The van der Waals surface area contributed by atoms with Crippen LogP contribution < -0.4 is 5.32 Å². The predicted molar refractivity (Wildman–Crippen MR) is 82.7 cm³/mol. The quantitative estimate of drug-likeness (QED) is 0.828. The third kappa shape index (κ3) is 3.59. The van der Waals surface area contributed by atoms with Gasteiger partial charge in [-0.05, 0) is 49.2 Å². The van der Waals surface area contributed by atoms with Crippen molar-refractivity contribution in [2.75, 3.05) is 6.54 Å². The van der Waals surface area contributed by atoms with Crippen LogP contribution in [-0.4, -0.2) is 6.54 Å². The fraction of sp³-hybridized carbons (Fsp3) is 0.294. The van der Waals surface area contributed by atoms with E-state index in [1.165, 1.54) is 17.7 Å². The first-order valence-corrected chi connectivity index (χ1v) is 7.24. The zero-order valence-electron chi connectivity index (χ0n) is 11.8. The van der Waals surface area contributed by atoms with Crippen molar-refractivity contribution < 1.29 is 4.39 Å². The summed E-state index contributed by atoms with van der Waals surface area (Å²) in [7, 11) is 0. The van der Waals surface area contributed by atoms with Crippen molar-refractivity contribution in [1.82, 2.24) is 5.32 Å². The average Bonchev–Trinajstić information content (AvgIpc) is 2.43. The van der Waals surface area contributed by atoms with Gasteiger partial charge in [-0.15, -0.1) is 0 Å². The highest BCUT2D eigenvalue weighted by Gasteiger charge is 2.17. The first kappa shape index (κ1) is 15.0. The predicted octanol–water partition coefficient (Wildman–Crippen LogP) is 4.88. The van der Waals surface area contributed by atoms with Crippen molar-refractivity contribution in [1.29, 1.82) is 0 Å². The molecule has 0 aromatic heterocycles. The van der Waals surface area contributed by atoms with E-state index >= 15 is 0 Å². The number of nitrogens with one attached hydrogen (secondary N) is 1. The van der Waals surface area contributed by atoms with E-state index < -0.39 is 0 Å². The number of halogens is 2. The van der Waals surface area contributed by atoms with Gasteiger partial charge in [-0.3, -0.25) is 0 Å². The molecule has 0 bridgehead atoms. The Bertz CT molecular complexity index is 583. The van der Waals surface area contributed by atoms with Crippen molar-refractivity contribution in [3.05, 3.63) is 70.0 Å². The Morgan fingerprint density at radius 3 is 2.70 bits per heavy atom. The molecule has 0 saturated carbocycles. The molecule has 106 valence electrons. The van der Waals surface area contributed by atoms with Crippen LogP contribution in [0.15, 0.2) is 42.5 Å². The molecule has 0 aliphatic rings. The summed E-state index contributed by atoms with van der Waals surface area (Å²) in [4.78, 5) is 0. The van der Waals surface area contributed by atoms with Crippen LogP contribution in [-0.2, 0) is 0 Å². The lowest BCUT2D eigenvalue weighted by Crippen LogP contribution is -2.23. The first-order valence-electron chi connectivity index (χ1n) is 6.86. The van der Waals surface area contributed by atoms with Gasteiger partial charge in [0.05, 0.1) is 6.04 Å². The first-order chi connectivity index (χ1) is 9.61. The minimum atomic E-state index is -0.264. The summed E-state index contributed by atoms with van der Waals surface area (Å²) in [6.07, 6.45) is 1.01. The molecule has 0 aliphatic carbocycles. The van der Waals surface area contributed by atoms with Crippen LogP contribution in [0.1, 0.15) is 36.1 Å². The van der Waals surface area contributed by atoms with Crippen LogP contribution in [0, 0.1) is 12.7 Å². The molecule has 0 spiro atoms. The molecule has 0 radical (unpaired) electrons. The maximum absolute atomic E-state index is 13.5. The smallest absolute Gasteiger partial charge is 0.123 e. The van der Waals surface area contributed by atoms with Crippen molar-refractivity contribution in [2.24, 2.45) is 0 Å². The Balaban J connectivity index is 2.44. The van der Waals surface area contributed by atoms with Crippen LogP contribution in [0.25, 0.3) is 0 Å². The van der Waals surface area contributed by atoms with E-state index in [-0.39, 0.29) is 11.9 Å². The van der Waals surface area contributed by atoms with Crippen LogP contribution in [0.2, 0.25) is 5.02 Å². The molecule has 0 amide bonds. The lowest BCUT2D eigenvalue weighted by atomic mass is 9.97. The van der Waals surface area contributed by atoms with E-state index in [1.807, 2.05) is 25.1 Å². The van der Waals surface area contributed by atoms with Crippen LogP contribution in [0.3, 0.4) is 0 Å². The molecule has 1 unspecified atom stereocenters. The Labute approximate surface area is 124 Å². The Morgan fingerprint density at radius 1 is 1.20 bits per heavy atom. The second-order valence-electron chi connectivity index (χ2n) is 4.97. The molecule has 3 heteroatoms. The second kappa shape index (κ2) is 6.87. The van der Waals surface area contributed by atoms with Crippen LogP contribution in [0.4, 0.5) is 4.39 Å². The summed E-state index contributed by atoms with van der Waals surface area (Å²) >= 11 is 6.25. The van der Waals surface area contributed by atoms with Crippen molar-refractivity contribution in [3.63, 3.8) is 0 Å². The molecule has 0 aliphatic heterocycles. The van der Waals surface area contributed by atoms with E-state index in [9.17, 15) is 4.39 Å². The summed E-state index contributed by atoms with van der Waals surface area (Å²) < 4.78 is 13.5. The fourth-order valence-electron chi connectivity index (χ4n) is 2.28. The molecule has 20 heavy (non-hydrogen) atoms. The summed E-state index contributed by atoms with van der Waals surface area (Å²) in [5.74, 6) is -0.264. The minimum Gasteiger partial charge on any atom is -0.306 e. The molecule has 1 nitrogen and oxygen atoms in total. The topological polar surface area (TPSA) is 12.0 Å². The van der Waals surface area contributed by atoms with E-state index in [0.717, 1.165) is 24.1 Å². The normalized spacial score (nSPS) is 12.4. The number of hydrogen-bond donors (Lipinski definition) is 1. The van der Waals surface area contributed by atoms with Gasteiger partial charge in [0.1, 0.15) is 5.82 Å². The lowest BCUT2D eigenvalue weighted by Gasteiger charge is -2.21. The minimum absolute atomic E-state index is 0.0851. The third-order valence-corrected chi connectivity index (χ3v) is 3.59. The molecular weight excluding hydrogens is 273 g/mol. The Kier molecular flexibility index (Phi) is 5.16. The molecule has 0 fully saturated rings. The van der Waals surface area contributed by atoms with Gasteiger partial charge in [-0.2, -0.15) is 0 Å². The molecular formula is C17H19ClFN. The van der Waals surface area contributed by atoms with Crippen molar-refractivity contribution >= 4 is 11.6 Å². The largest absolute Gasteiger partial charge is 0.306 e. The SMILES string of the molecule is CCCNC(c1cccc(C)c1)c1cc(F)ccc1Cl. The van der Waals surface area contributed by atoms with Gasteiger partial charge in [0.15, 0.2) is 0 Å². The summed E-state index contributed by atoms with van der Waals surface area (Å²) in [5, 5.41) is 4.03. The zero-order chi connectivity index (χ0) is 14.5. The highest BCUT2D eigenvalue weighted by molar-refractivity contribution is 6.31. The highest BCUT2D eigenvalue weighted by atomic mass is 35.5. The lowest BCUT2D eigenvalue weighted by molar-refractivity contribution is 0.585. The second-order valence-corrected chi connectivity index (χ2v) is 5.37. The number of aryl methyl sites for hydroxylation is 1. The highest BCUT2D eigenvalue weighted by Crippen LogP contribution is 2.29. The van der Waals surface area contributed by atoms with Crippen molar-refractivity contribution in [3.8, 4) is 0 Å². The van der Waals surface area contributed by atoms with E-state index in [0.29, 0.717) is 5.02 Å². The van der Waals surface area contributed by atoms with Crippen molar-refractivity contribution in [2.45, 2.75) is 26.3 Å². The van der Waals surface area contributed by atoms with Gasteiger partial charge < -0.3 is 5.32 Å². The Hall–Kier alpha value is -1.38. The fourth-order valence-corrected chi connectivity index (χ4v) is 2.51. The zero-order valence-corrected chi connectivity index (χ0v) is 12.5. The number of benzene rings is 2. The molecule has 2 aromatic rings. The molecule has 1 atom stereocenters. The number of rotatable bonds is 5. The van der Waals surface area contributed by atoms with Crippen LogP contribution in [0.5, 0.6) is 0 Å². The van der Waals surface area contributed by atoms with Gasteiger partial charge >= 0.3 is 0 Å². The molecule has 0 heterocycles. The summed E-state index contributed by atoms with van der Waals surface area (Å²) in [5.41, 5.74) is 3.06. The number of hydrogen-bond acceptors (Lipinski definition) is 1. The van der Waals surface area contributed by atoms with Gasteiger partial charge in [0, 0.05) is 5.02 Å². The molecule has 0 saturated heterocycles. The van der Waals surface area contributed by atoms with Gasteiger partial charge in [0.2, 0.25) is 0 Å². The molecule has 2 rings (SSSR count). The maximum atomic E-state index is 13.5. The maximum Gasteiger partial charge on any atom is 0.123 e. The van der Waals surface area contributed by atoms with E-state index in [1.54, 1.807) is 6.07 Å². The van der Waals surface area contributed by atoms with Gasteiger partial charge in [-0.1, -0.05) is 48.4 Å². The Morgan fingerprint density at radius 2 is 2.00 bits per heavy atom. The molecule has 1 N–H and O–H groups in total. The summed E-state index contributed by atoms with van der Waals surface area (Å²) in [6, 6.07) is 12.6. The molecule has 2 aromatic carbocycles. The van der Waals surface area contributed by atoms with Gasteiger partial charge in [0.25, 0.3) is 0 Å². The van der Waals surface area contributed by atoms with E-state index in [4.69, 9.17) is 11.6 Å². The monoisotopic (exact) mass is 291 g/mol. The third-order valence-electron chi connectivity index (χ3n) is 3.24.